The van der Waals surface area contributed by atoms with Crippen LogP contribution in [0.25, 0.3) is 0 Å². The van der Waals surface area contributed by atoms with E-state index in [0.29, 0.717) is 0 Å². The van der Waals surface area contributed by atoms with Crippen molar-refractivity contribution in [1.29, 1.82) is 0 Å². The van der Waals surface area contributed by atoms with Crippen molar-refractivity contribution in [2.45, 2.75) is 11.3 Å². The van der Waals surface area contributed by atoms with Gasteiger partial charge in [0.1, 0.15) is 11.6 Å². The van der Waals surface area contributed by atoms with Crippen LogP contribution in [0.1, 0.15) is 5.56 Å². The van der Waals surface area contributed by atoms with E-state index in [2.05, 4.69) is 0 Å². The van der Waals surface area contributed by atoms with Gasteiger partial charge in [-0.25, -0.2) is 17.2 Å². The molecule has 1 saturated heterocycles. The normalized spacial score (nSPS) is 15.8. The number of halogens is 2. The number of benzene rings is 2. The summed E-state index contributed by atoms with van der Waals surface area (Å²) in [6, 6.07) is 12.2. The van der Waals surface area contributed by atoms with Gasteiger partial charge < -0.3 is 4.90 Å². The fourth-order valence-electron chi connectivity index (χ4n) is 2.92. The summed E-state index contributed by atoms with van der Waals surface area (Å²) >= 11 is 0. The molecular formula is C18H18F2N2O3S. The Bertz CT molecular complexity index is 876. The molecule has 0 N–H and O–H groups in total. The summed E-state index contributed by atoms with van der Waals surface area (Å²) in [6.45, 7) is 0.356. The van der Waals surface area contributed by atoms with Crippen LogP contribution in [0, 0.1) is 11.6 Å². The van der Waals surface area contributed by atoms with E-state index in [1.807, 2.05) is 30.3 Å². The highest BCUT2D eigenvalue weighted by Gasteiger charge is 2.33. The molecule has 1 amide bonds. The Labute approximate surface area is 150 Å². The van der Waals surface area contributed by atoms with Crippen molar-refractivity contribution in [2.24, 2.45) is 0 Å². The Morgan fingerprint density at radius 1 is 0.885 bits per heavy atom. The van der Waals surface area contributed by atoms with Crippen LogP contribution in [0.5, 0.6) is 0 Å². The minimum Gasteiger partial charge on any atom is -0.340 e. The molecule has 3 rings (SSSR count). The molecule has 0 spiro atoms. The zero-order chi connectivity index (χ0) is 18.7. The Hall–Kier alpha value is -2.32. The minimum atomic E-state index is -4.29. The van der Waals surface area contributed by atoms with Crippen molar-refractivity contribution in [3.63, 3.8) is 0 Å². The second-order valence-corrected chi connectivity index (χ2v) is 7.87. The zero-order valence-corrected chi connectivity index (χ0v) is 14.8. The highest BCUT2D eigenvalue weighted by molar-refractivity contribution is 7.89. The standard InChI is InChI=1S/C18H18F2N2O3S/c19-15-7-4-8-16(20)18(15)26(24,25)22-11-9-21(10-12-22)17(23)13-14-5-2-1-3-6-14/h1-8H,9-13H2. The lowest BCUT2D eigenvalue weighted by Crippen LogP contribution is -2.51. The highest BCUT2D eigenvalue weighted by atomic mass is 32.2. The van der Waals surface area contributed by atoms with E-state index in [9.17, 15) is 22.0 Å². The lowest BCUT2D eigenvalue weighted by molar-refractivity contribution is -0.131. The van der Waals surface area contributed by atoms with Crippen LogP contribution in [0.15, 0.2) is 53.4 Å². The van der Waals surface area contributed by atoms with Gasteiger partial charge in [0.05, 0.1) is 6.42 Å². The smallest absolute Gasteiger partial charge is 0.249 e. The van der Waals surface area contributed by atoms with Gasteiger partial charge in [0, 0.05) is 26.2 Å². The fourth-order valence-corrected chi connectivity index (χ4v) is 4.45. The second kappa shape index (κ2) is 7.51. The summed E-state index contributed by atoms with van der Waals surface area (Å²) in [4.78, 5) is 13.0. The molecule has 5 nitrogen and oxygen atoms in total. The number of carbonyl (C=O) groups excluding carboxylic acids is 1. The monoisotopic (exact) mass is 380 g/mol. The molecular weight excluding hydrogens is 362 g/mol. The average Bonchev–Trinajstić information content (AvgIpc) is 2.62. The molecule has 0 bridgehead atoms. The Morgan fingerprint density at radius 3 is 2.04 bits per heavy atom. The van der Waals surface area contributed by atoms with E-state index in [4.69, 9.17) is 0 Å². The molecule has 2 aromatic rings. The SMILES string of the molecule is O=C(Cc1ccccc1)N1CCN(S(=O)(=O)c2c(F)cccc2F)CC1. The van der Waals surface area contributed by atoms with Crippen molar-refractivity contribution in [1.82, 2.24) is 9.21 Å². The molecule has 26 heavy (non-hydrogen) atoms. The maximum absolute atomic E-state index is 13.8. The summed E-state index contributed by atoms with van der Waals surface area (Å²) < 4.78 is 53.8. The van der Waals surface area contributed by atoms with Gasteiger partial charge in [-0.05, 0) is 17.7 Å². The molecule has 138 valence electrons. The molecule has 0 radical (unpaired) electrons. The predicted octanol–water partition coefficient (Wildman–Crippen LogP) is 2.04. The number of piperazine rings is 1. The number of amides is 1. The lowest BCUT2D eigenvalue weighted by Gasteiger charge is -2.34. The fraction of sp³-hybridized carbons (Fsp3) is 0.278. The number of nitrogens with zero attached hydrogens (tertiary/aromatic N) is 2. The van der Waals surface area contributed by atoms with Gasteiger partial charge in [0.2, 0.25) is 15.9 Å². The third-order valence-corrected chi connectivity index (χ3v) is 6.26. The quantitative estimate of drug-likeness (QED) is 0.816. The van der Waals surface area contributed by atoms with Gasteiger partial charge in [0.25, 0.3) is 0 Å². The predicted molar refractivity (Wildman–Crippen MR) is 91.8 cm³/mol. The van der Waals surface area contributed by atoms with Crippen LogP contribution in [0.3, 0.4) is 0 Å². The van der Waals surface area contributed by atoms with Crippen molar-refractivity contribution in [3.8, 4) is 0 Å². The van der Waals surface area contributed by atoms with Crippen molar-refractivity contribution >= 4 is 15.9 Å². The summed E-state index contributed by atoms with van der Waals surface area (Å²) in [5.41, 5.74) is 0.876. The van der Waals surface area contributed by atoms with Crippen LogP contribution in [-0.2, 0) is 21.2 Å². The number of hydrogen-bond acceptors (Lipinski definition) is 3. The van der Waals surface area contributed by atoms with Gasteiger partial charge >= 0.3 is 0 Å². The van der Waals surface area contributed by atoms with Crippen molar-refractivity contribution in [2.75, 3.05) is 26.2 Å². The Balaban J connectivity index is 1.67. The van der Waals surface area contributed by atoms with E-state index in [-0.39, 0.29) is 38.5 Å². The van der Waals surface area contributed by atoms with Crippen molar-refractivity contribution in [3.05, 3.63) is 65.7 Å². The first-order valence-corrected chi connectivity index (χ1v) is 9.59. The molecule has 0 saturated carbocycles. The van der Waals surface area contributed by atoms with Crippen LogP contribution in [0.4, 0.5) is 8.78 Å². The molecule has 0 unspecified atom stereocenters. The minimum absolute atomic E-state index is 0.00334. The Kier molecular flexibility index (Phi) is 5.33. The van der Waals surface area contributed by atoms with Crippen LogP contribution < -0.4 is 0 Å². The molecule has 0 aliphatic carbocycles. The van der Waals surface area contributed by atoms with Crippen LogP contribution in [0.2, 0.25) is 0 Å². The van der Waals surface area contributed by atoms with Gasteiger partial charge in [-0.3, -0.25) is 4.79 Å². The van der Waals surface area contributed by atoms with E-state index >= 15 is 0 Å². The first-order chi connectivity index (χ1) is 12.4. The first-order valence-electron chi connectivity index (χ1n) is 8.15. The highest BCUT2D eigenvalue weighted by Crippen LogP contribution is 2.23. The molecule has 1 aliphatic rings. The topological polar surface area (TPSA) is 57.7 Å². The van der Waals surface area contributed by atoms with Gasteiger partial charge in [-0.15, -0.1) is 0 Å². The summed E-state index contributed by atoms with van der Waals surface area (Å²) in [6.07, 6.45) is 0.232. The lowest BCUT2D eigenvalue weighted by atomic mass is 10.1. The summed E-state index contributed by atoms with van der Waals surface area (Å²) in [7, 11) is -4.29. The van der Waals surface area contributed by atoms with E-state index < -0.39 is 26.6 Å². The third-order valence-electron chi connectivity index (χ3n) is 4.31. The zero-order valence-electron chi connectivity index (χ0n) is 13.9. The van der Waals surface area contributed by atoms with E-state index in [0.717, 1.165) is 28.1 Å². The summed E-state index contributed by atoms with van der Waals surface area (Å²) in [5.74, 6) is -2.34. The second-order valence-electron chi connectivity index (χ2n) is 6.00. The number of carbonyl (C=O) groups is 1. The molecule has 0 atom stereocenters. The van der Waals surface area contributed by atoms with Crippen molar-refractivity contribution < 1.29 is 22.0 Å². The number of rotatable bonds is 4. The molecule has 0 aromatic heterocycles. The molecule has 8 heteroatoms. The van der Waals surface area contributed by atoms with E-state index in [1.165, 1.54) is 0 Å². The largest absolute Gasteiger partial charge is 0.340 e. The van der Waals surface area contributed by atoms with Crippen LogP contribution >= 0.6 is 0 Å². The summed E-state index contributed by atoms with van der Waals surface area (Å²) in [5, 5.41) is 0. The maximum atomic E-state index is 13.8. The van der Waals surface area contributed by atoms with E-state index in [1.54, 1.807) is 4.90 Å². The molecule has 1 fully saturated rings. The molecule has 2 aromatic carbocycles. The van der Waals surface area contributed by atoms with Gasteiger partial charge in [0.15, 0.2) is 4.90 Å². The van der Waals surface area contributed by atoms with Crippen LogP contribution in [-0.4, -0.2) is 49.7 Å². The third kappa shape index (κ3) is 3.76. The average molecular weight is 380 g/mol. The Morgan fingerprint density at radius 2 is 1.46 bits per heavy atom. The molecule has 1 heterocycles. The maximum Gasteiger partial charge on any atom is 0.249 e. The molecule has 1 aliphatic heterocycles. The first kappa shape index (κ1) is 18.5. The van der Waals surface area contributed by atoms with Gasteiger partial charge in [-0.2, -0.15) is 4.31 Å². The number of hydrogen-bond donors (Lipinski definition) is 0. The van der Waals surface area contributed by atoms with Gasteiger partial charge in [-0.1, -0.05) is 36.4 Å². The number of sulfonamides is 1.